The van der Waals surface area contributed by atoms with Crippen LogP contribution in [-0.4, -0.2) is 58.0 Å². The highest BCUT2D eigenvalue weighted by Gasteiger charge is 2.28. The van der Waals surface area contributed by atoms with Crippen molar-refractivity contribution in [3.63, 3.8) is 0 Å². The molecule has 5 rings (SSSR count). The first-order chi connectivity index (χ1) is 16.0. The standard InChI is InChI=1S/C25H27N5O3/c1-15-22(25(33)26-10-13-30-11-2-3-12-30)29-23(28-15)19-9-8-18(16-4-6-17(31)7-5-16)20-14-27-24(32)21(19)20/h4-9,31H,2-3,10-14H2,1H3,(H,26,33)(H,27,32)(H,28,29). The van der Waals surface area contributed by atoms with Gasteiger partial charge in [-0.3, -0.25) is 9.59 Å². The lowest BCUT2D eigenvalue weighted by molar-refractivity contribution is 0.0942. The Bertz CT molecular complexity index is 1210. The molecule has 2 amide bonds. The molecule has 8 nitrogen and oxygen atoms in total. The van der Waals surface area contributed by atoms with E-state index in [1.54, 1.807) is 12.1 Å². The van der Waals surface area contributed by atoms with E-state index in [1.165, 1.54) is 12.8 Å². The van der Waals surface area contributed by atoms with Crippen LogP contribution in [0.2, 0.25) is 0 Å². The van der Waals surface area contributed by atoms with Gasteiger partial charge < -0.3 is 25.6 Å². The number of phenolic OH excluding ortho intramolecular Hbond substituents is 1. The number of aryl methyl sites for hydroxylation is 1. The van der Waals surface area contributed by atoms with E-state index >= 15 is 0 Å². The molecule has 0 aliphatic carbocycles. The minimum absolute atomic E-state index is 0.161. The highest BCUT2D eigenvalue weighted by Crippen LogP contribution is 2.36. The molecule has 0 bridgehead atoms. The first-order valence-electron chi connectivity index (χ1n) is 11.3. The number of hydrogen-bond donors (Lipinski definition) is 4. The average molecular weight is 446 g/mol. The number of rotatable bonds is 6. The summed E-state index contributed by atoms with van der Waals surface area (Å²) in [6, 6.07) is 10.7. The molecular weight excluding hydrogens is 418 g/mol. The minimum atomic E-state index is -0.212. The summed E-state index contributed by atoms with van der Waals surface area (Å²) in [4.78, 5) is 35.6. The number of likely N-dealkylation sites (tertiary alicyclic amines) is 1. The molecule has 0 spiro atoms. The Labute approximate surface area is 192 Å². The monoisotopic (exact) mass is 445 g/mol. The number of aromatic amines is 1. The summed E-state index contributed by atoms with van der Waals surface area (Å²) in [5.41, 5.74) is 4.97. The summed E-state index contributed by atoms with van der Waals surface area (Å²) in [5.74, 6) is 0.323. The summed E-state index contributed by atoms with van der Waals surface area (Å²) in [5, 5.41) is 15.5. The molecule has 2 aliphatic rings. The second-order valence-electron chi connectivity index (χ2n) is 8.61. The Hall–Kier alpha value is -3.65. The van der Waals surface area contributed by atoms with Crippen LogP contribution in [0, 0.1) is 6.92 Å². The fraction of sp³-hybridized carbons (Fsp3) is 0.320. The van der Waals surface area contributed by atoms with E-state index in [4.69, 9.17) is 0 Å². The third-order valence-corrected chi connectivity index (χ3v) is 6.41. The zero-order chi connectivity index (χ0) is 22.9. The minimum Gasteiger partial charge on any atom is -0.508 e. The SMILES string of the molecule is Cc1[nH]c(-c2ccc(-c3ccc(O)cc3)c3c2C(=O)NC3)nc1C(=O)NCCN1CCCC1. The van der Waals surface area contributed by atoms with Crippen LogP contribution in [0.25, 0.3) is 22.5 Å². The summed E-state index contributed by atoms with van der Waals surface area (Å²) in [6.45, 7) is 5.84. The number of imidazole rings is 1. The molecule has 1 saturated heterocycles. The fourth-order valence-corrected chi connectivity index (χ4v) is 4.68. The Morgan fingerprint density at radius 3 is 2.61 bits per heavy atom. The predicted molar refractivity (Wildman–Crippen MR) is 125 cm³/mol. The van der Waals surface area contributed by atoms with E-state index in [9.17, 15) is 14.7 Å². The largest absolute Gasteiger partial charge is 0.508 e. The third-order valence-electron chi connectivity index (χ3n) is 6.41. The Morgan fingerprint density at radius 2 is 1.85 bits per heavy atom. The number of hydrogen-bond acceptors (Lipinski definition) is 5. The Balaban J connectivity index is 1.41. The van der Waals surface area contributed by atoms with Crippen LogP contribution in [0.15, 0.2) is 36.4 Å². The molecule has 0 saturated carbocycles. The number of H-pyrrole nitrogens is 1. The number of carbonyl (C=O) groups excluding carboxylic acids is 2. The van der Waals surface area contributed by atoms with Crippen LogP contribution in [0.3, 0.4) is 0 Å². The second kappa shape index (κ2) is 8.71. The summed E-state index contributed by atoms with van der Waals surface area (Å²) >= 11 is 0. The van der Waals surface area contributed by atoms with Crippen LogP contribution in [-0.2, 0) is 6.54 Å². The first kappa shape index (κ1) is 21.2. The molecular formula is C25H27N5O3. The summed E-state index contributed by atoms with van der Waals surface area (Å²) < 4.78 is 0. The number of nitrogens with one attached hydrogen (secondary N) is 3. The van der Waals surface area contributed by atoms with Gasteiger partial charge in [-0.2, -0.15) is 0 Å². The Morgan fingerprint density at radius 1 is 1.12 bits per heavy atom. The van der Waals surface area contributed by atoms with Gasteiger partial charge in [-0.05, 0) is 67.7 Å². The van der Waals surface area contributed by atoms with Gasteiger partial charge in [0.25, 0.3) is 11.8 Å². The number of aromatic hydroxyl groups is 1. The van der Waals surface area contributed by atoms with E-state index in [-0.39, 0.29) is 17.6 Å². The van der Waals surface area contributed by atoms with E-state index < -0.39 is 0 Å². The van der Waals surface area contributed by atoms with Crippen molar-refractivity contribution < 1.29 is 14.7 Å². The highest BCUT2D eigenvalue weighted by molar-refractivity contribution is 6.06. The molecule has 0 unspecified atom stereocenters. The van der Waals surface area contributed by atoms with Crippen LogP contribution in [0.5, 0.6) is 5.75 Å². The van der Waals surface area contributed by atoms with Crippen LogP contribution in [0.4, 0.5) is 0 Å². The van der Waals surface area contributed by atoms with Gasteiger partial charge in [0.1, 0.15) is 17.3 Å². The van der Waals surface area contributed by atoms with Crippen molar-refractivity contribution in [1.29, 1.82) is 0 Å². The number of aromatic nitrogens is 2. The molecule has 4 N–H and O–H groups in total. The van der Waals surface area contributed by atoms with Gasteiger partial charge in [-0.15, -0.1) is 0 Å². The number of carbonyl (C=O) groups is 2. The zero-order valence-corrected chi connectivity index (χ0v) is 18.6. The molecule has 8 heteroatoms. The van der Waals surface area contributed by atoms with E-state index in [0.717, 1.165) is 36.3 Å². The van der Waals surface area contributed by atoms with Crippen LogP contribution >= 0.6 is 0 Å². The molecule has 2 aliphatic heterocycles. The summed E-state index contributed by atoms with van der Waals surface area (Å²) in [7, 11) is 0. The molecule has 3 heterocycles. The number of fused-ring (bicyclic) bond motifs is 1. The van der Waals surface area contributed by atoms with Crippen molar-refractivity contribution >= 4 is 11.8 Å². The van der Waals surface area contributed by atoms with Gasteiger partial charge in [-0.1, -0.05) is 18.2 Å². The molecule has 0 atom stereocenters. The number of benzene rings is 2. The third kappa shape index (κ3) is 4.09. The van der Waals surface area contributed by atoms with Gasteiger partial charge >= 0.3 is 0 Å². The van der Waals surface area contributed by atoms with Gasteiger partial charge in [0.2, 0.25) is 0 Å². The van der Waals surface area contributed by atoms with E-state index in [0.29, 0.717) is 41.4 Å². The molecule has 170 valence electrons. The van der Waals surface area contributed by atoms with Crippen LogP contribution in [0.1, 0.15) is 44.9 Å². The molecule has 3 aromatic rings. The second-order valence-corrected chi connectivity index (χ2v) is 8.61. The van der Waals surface area contributed by atoms with Crippen LogP contribution < -0.4 is 10.6 Å². The molecule has 33 heavy (non-hydrogen) atoms. The van der Waals surface area contributed by atoms with Crippen molar-refractivity contribution in [3.8, 4) is 28.3 Å². The van der Waals surface area contributed by atoms with Gasteiger partial charge in [0.05, 0.1) is 5.56 Å². The quantitative estimate of drug-likeness (QED) is 0.466. The predicted octanol–water partition coefficient (Wildman–Crippen LogP) is 2.83. The number of phenols is 1. The molecule has 0 radical (unpaired) electrons. The number of amides is 2. The molecule has 1 aromatic heterocycles. The molecule has 2 aromatic carbocycles. The van der Waals surface area contributed by atoms with Gasteiger partial charge in [0.15, 0.2) is 0 Å². The molecule has 1 fully saturated rings. The number of nitrogens with zero attached hydrogens (tertiary/aromatic N) is 2. The smallest absolute Gasteiger partial charge is 0.271 e. The average Bonchev–Trinajstić information content (AvgIpc) is 3.55. The maximum absolute atomic E-state index is 12.7. The Kier molecular flexibility index (Phi) is 5.60. The first-order valence-corrected chi connectivity index (χ1v) is 11.3. The van der Waals surface area contributed by atoms with E-state index in [2.05, 4.69) is 25.5 Å². The lowest BCUT2D eigenvalue weighted by Crippen LogP contribution is -2.33. The fourth-order valence-electron chi connectivity index (χ4n) is 4.68. The van der Waals surface area contributed by atoms with Gasteiger partial charge in [-0.25, -0.2) is 4.98 Å². The lowest BCUT2D eigenvalue weighted by atomic mass is 9.93. The van der Waals surface area contributed by atoms with Crippen molar-refractivity contribution in [2.24, 2.45) is 0 Å². The van der Waals surface area contributed by atoms with Crippen molar-refractivity contribution in [3.05, 3.63) is 58.9 Å². The van der Waals surface area contributed by atoms with E-state index in [1.807, 2.05) is 31.2 Å². The highest BCUT2D eigenvalue weighted by atomic mass is 16.3. The van der Waals surface area contributed by atoms with Crippen molar-refractivity contribution in [1.82, 2.24) is 25.5 Å². The zero-order valence-electron chi connectivity index (χ0n) is 18.6. The summed E-state index contributed by atoms with van der Waals surface area (Å²) in [6.07, 6.45) is 2.44. The topological polar surface area (TPSA) is 110 Å². The lowest BCUT2D eigenvalue weighted by Gasteiger charge is -2.14. The maximum Gasteiger partial charge on any atom is 0.271 e. The van der Waals surface area contributed by atoms with Crippen molar-refractivity contribution in [2.45, 2.75) is 26.3 Å². The van der Waals surface area contributed by atoms with Gasteiger partial charge in [0, 0.05) is 30.9 Å². The van der Waals surface area contributed by atoms with Crippen molar-refractivity contribution in [2.75, 3.05) is 26.2 Å². The maximum atomic E-state index is 12.7. The normalized spacial score (nSPS) is 15.5.